The lowest BCUT2D eigenvalue weighted by molar-refractivity contribution is -0.136. The highest BCUT2D eigenvalue weighted by Gasteiger charge is 2.30. The van der Waals surface area contributed by atoms with E-state index in [-0.39, 0.29) is 30.7 Å². The van der Waals surface area contributed by atoms with Crippen molar-refractivity contribution in [2.24, 2.45) is 11.8 Å². The molecule has 1 fully saturated rings. The van der Waals surface area contributed by atoms with Crippen molar-refractivity contribution in [2.75, 3.05) is 19.7 Å². The summed E-state index contributed by atoms with van der Waals surface area (Å²) < 4.78 is 5.59. The van der Waals surface area contributed by atoms with E-state index in [1.54, 1.807) is 0 Å². The summed E-state index contributed by atoms with van der Waals surface area (Å²) >= 11 is 0. The molecular formula is C26H30N2O5. The first-order valence-electron chi connectivity index (χ1n) is 11.6. The van der Waals surface area contributed by atoms with Crippen LogP contribution in [0.1, 0.15) is 49.1 Å². The van der Waals surface area contributed by atoms with Crippen LogP contribution in [0.2, 0.25) is 0 Å². The van der Waals surface area contributed by atoms with Crippen LogP contribution in [0, 0.1) is 11.8 Å². The number of carbonyl (C=O) groups excluding carboxylic acids is 2. The molecule has 0 heterocycles. The van der Waals surface area contributed by atoms with E-state index in [0.717, 1.165) is 19.3 Å². The molecule has 0 radical (unpaired) electrons. The van der Waals surface area contributed by atoms with Crippen LogP contribution in [0.5, 0.6) is 0 Å². The van der Waals surface area contributed by atoms with Gasteiger partial charge in [0.25, 0.3) is 0 Å². The monoisotopic (exact) mass is 450 g/mol. The Balaban J connectivity index is 1.20. The largest absolute Gasteiger partial charge is 0.481 e. The number of alkyl carbamates (subject to hydrolysis) is 1. The third-order valence-electron chi connectivity index (χ3n) is 6.66. The first-order chi connectivity index (χ1) is 16.0. The maximum Gasteiger partial charge on any atom is 0.407 e. The van der Waals surface area contributed by atoms with E-state index in [9.17, 15) is 14.4 Å². The number of carbonyl (C=O) groups is 3. The van der Waals surface area contributed by atoms with Crippen LogP contribution in [0.4, 0.5) is 4.79 Å². The summed E-state index contributed by atoms with van der Waals surface area (Å²) in [6.45, 7) is 0.991. The third-order valence-corrected chi connectivity index (χ3v) is 6.66. The molecule has 0 spiro atoms. The molecule has 7 heteroatoms. The number of carboxylic acids is 1. The van der Waals surface area contributed by atoms with Crippen molar-refractivity contribution in [3.8, 4) is 11.1 Å². The van der Waals surface area contributed by atoms with Crippen molar-refractivity contribution < 1.29 is 24.2 Å². The van der Waals surface area contributed by atoms with E-state index in [0.29, 0.717) is 25.5 Å². The average Bonchev–Trinajstić information content (AvgIpc) is 3.38. The standard InChI is InChI=1S/C26H30N2O5/c29-24(27-12-11-25(30)31)14-17-9-10-18(13-17)15-28-26(32)33-16-23-21-7-3-1-5-19(21)20-6-2-4-8-22(20)23/h1-8,17-18,23H,9-16H2,(H,27,29)(H,28,32)(H,30,31). The fourth-order valence-corrected chi connectivity index (χ4v) is 5.07. The average molecular weight is 451 g/mol. The van der Waals surface area contributed by atoms with Crippen LogP contribution in [0.3, 0.4) is 0 Å². The second kappa shape index (κ2) is 10.5. The van der Waals surface area contributed by atoms with Crippen LogP contribution in [-0.4, -0.2) is 42.8 Å². The Bertz CT molecular complexity index is 976. The second-order valence-corrected chi connectivity index (χ2v) is 8.95. The maximum absolute atomic E-state index is 12.4. The fourth-order valence-electron chi connectivity index (χ4n) is 5.07. The summed E-state index contributed by atoms with van der Waals surface area (Å²) in [6, 6.07) is 16.5. The molecule has 7 nitrogen and oxygen atoms in total. The van der Waals surface area contributed by atoms with Crippen molar-refractivity contribution in [3.63, 3.8) is 0 Å². The Hall–Kier alpha value is -3.35. The number of hydrogen-bond donors (Lipinski definition) is 3. The van der Waals surface area contributed by atoms with Gasteiger partial charge >= 0.3 is 12.1 Å². The molecule has 2 unspecified atom stereocenters. The Morgan fingerprint density at radius 3 is 2.21 bits per heavy atom. The number of aliphatic carboxylic acids is 1. The molecule has 0 aliphatic heterocycles. The molecule has 0 saturated heterocycles. The number of benzene rings is 2. The summed E-state index contributed by atoms with van der Waals surface area (Å²) in [5.74, 6) is -0.396. The summed E-state index contributed by atoms with van der Waals surface area (Å²) in [6.07, 6.45) is 2.69. The molecule has 2 aromatic rings. The summed E-state index contributed by atoms with van der Waals surface area (Å²) in [5.41, 5.74) is 4.77. The molecule has 174 valence electrons. The minimum Gasteiger partial charge on any atom is -0.481 e. The molecule has 2 amide bonds. The van der Waals surface area contributed by atoms with Gasteiger partial charge in [-0.1, -0.05) is 48.5 Å². The lowest BCUT2D eigenvalue weighted by Crippen LogP contribution is -2.30. The maximum atomic E-state index is 12.4. The molecule has 2 aliphatic carbocycles. The Kier molecular flexibility index (Phi) is 7.27. The molecule has 33 heavy (non-hydrogen) atoms. The highest BCUT2D eigenvalue weighted by molar-refractivity contribution is 5.79. The van der Waals surface area contributed by atoms with E-state index in [2.05, 4.69) is 34.9 Å². The number of hydrogen-bond acceptors (Lipinski definition) is 4. The van der Waals surface area contributed by atoms with Gasteiger partial charge in [0.05, 0.1) is 6.42 Å². The minimum atomic E-state index is -0.921. The van der Waals surface area contributed by atoms with E-state index in [4.69, 9.17) is 9.84 Å². The number of amides is 2. The van der Waals surface area contributed by atoms with Gasteiger partial charge in [0, 0.05) is 25.4 Å². The Labute approximate surface area is 193 Å². The van der Waals surface area contributed by atoms with E-state index < -0.39 is 12.1 Å². The van der Waals surface area contributed by atoms with Crippen molar-refractivity contribution in [1.29, 1.82) is 0 Å². The quantitative estimate of drug-likeness (QED) is 0.537. The molecule has 1 saturated carbocycles. The van der Waals surface area contributed by atoms with Crippen molar-refractivity contribution >= 4 is 18.0 Å². The molecule has 3 N–H and O–H groups in total. The summed E-state index contributed by atoms with van der Waals surface area (Å²) in [7, 11) is 0. The zero-order chi connectivity index (χ0) is 23.2. The molecule has 0 aromatic heterocycles. The zero-order valence-electron chi connectivity index (χ0n) is 18.6. The van der Waals surface area contributed by atoms with Crippen molar-refractivity contribution in [3.05, 3.63) is 59.7 Å². The summed E-state index contributed by atoms with van der Waals surface area (Å²) in [5, 5.41) is 14.2. The van der Waals surface area contributed by atoms with Gasteiger partial charge < -0.3 is 20.5 Å². The first-order valence-corrected chi connectivity index (χ1v) is 11.6. The first kappa shape index (κ1) is 22.8. The molecule has 2 aliphatic rings. The Morgan fingerprint density at radius 1 is 0.909 bits per heavy atom. The smallest absolute Gasteiger partial charge is 0.407 e. The van der Waals surface area contributed by atoms with Gasteiger partial charge in [-0.25, -0.2) is 4.79 Å². The van der Waals surface area contributed by atoms with Gasteiger partial charge in [0.1, 0.15) is 6.61 Å². The summed E-state index contributed by atoms with van der Waals surface area (Å²) in [4.78, 5) is 34.8. The SMILES string of the molecule is O=C(O)CCNC(=O)CC1CCC(CNC(=O)OCC2c3ccccc3-c3ccccc32)C1. The molecule has 2 aromatic carbocycles. The third kappa shape index (κ3) is 5.72. The van der Waals surface area contributed by atoms with Gasteiger partial charge in [0.2, 0.25) is 5.91 Å². The van der Waals surface area contributed by atoms with E-state index in [1.165, 1.54) is 22.3 Å². The predicted molar refractivity (Wildman–Crippen MR) is 124 cm³/mol. The molecule has 2 atom stereocenters. The van der Waals surface area contributed by atoms with Gasteiger partial charge in [0.15, 0.2) is 0 Å². The number of ether oxygens (including phenoxy) is 1. The van der Waals surface area contributed by atoms with Gasteiger partial charge in [-0.15, -0.1) is 0 Å². The topological polar surface area (TPSA) is 105 Å². The number of fused-ring (bicyclic) bond motifs is 3. The lowest BCUT2D eigenvalue weighted by Gasteiger charge is -2.16. The normalized spacial score (nSPS) is 18.9. The van der Waals surface area contributed by atoms with Crippen LogP contribution >= 0.6 is 0 Å². The number of carboxylic acid groups (broad SMARTS) is 1. The minimum absolute atomic E-state index is 0.0404. The van der Waals surface area contributed by atoms with Crippen LogP contribution in [0.15, 0.2) is 48.5 Å². The Morgan fingerprint density at radius 2 is 1.55 bits per heavy atom. The van der Waals surface area contributed by atoms with Gasteiger partial charge in [-0.3, -0.25) is 9.59 Å². The number of rotatable bonds is 9. The number of nitrogens with one attached hydrogen (secondary N) is 2. The second-order valence-electron chi connectivity index (χ2n) is 8.95. The lowest BCUT2D eigenvalue weighted by atomic mass is 9.98. The van der Waals surface area contributed by atoms with Crippen LogP contribution in [0.25, 0.3) is 11.1 Å². The van der Waals surface area contributed by atoms with Crippen LogP contribution in [-0.2, 0) is 14.3 Å². The molecule has 4 rings (SSSR count). The van der Waals surface area contributed by atoms with Gasteiger partial charge in [-0.2, -0.15) is 0 Å². The fraction of sp³-hybridized carbons (Fsp3) is 0.423. The van der Waals surface area contributed by atoms with Gasteiger partial charge in [-0.05, 0) is 53.4 Å². The molecular weight excluding hydrogens is 420 g/mol. The van der Waals surface area contributed by atoms with Crippen molar-refractivity contribution in [2.45, 2.75) is 38.0 Å². The highest BCUT2D eigenvalue weighted by Crippen LogP contribution is 2.44. The highest BCUT2D eigenvalue weighted by atomic mass is 16.5. The van der Waals surface area contributed by atoms with E-state index >= 15 is 0 Å². The predicted octanol–water partition coefficient (Wildman–Crippen LogP) is 3.92. The van der Waals surface area contributed by atoms with Crippen LogP contribution < -0.4 is 10.6 Å². The zero-order valence-corrected chi connectivity index (χ0v) is 18.6. The van der Waals surface area contributed by atoms with Crippen molar-refractivity contribution in [1.82, 2.24) is 10.6 Å². The molecule has 0 bridgehead atoms. The van der Waals surface area contributed by atoms with E-state index in [1.807, 2.05) is 24.3 Å².